The van der Waals surface area contributed by atoms with Crippen LogP contribution in [0.3, 0.4) is 0 Å². The summed E-state index contributed by atoms with van der Waals surface area (Å²) in [6, 6.07) is 15.0. The van der Waals surface area contributed by atoms with E-state index in [1.54, 1.807) is 28.9 Å². The second-order valence-corrected chi connectivity index (χ2v) is 7.83. The second-order valence-electron chi connectivity index (χ2n) is 6.89. The Kier molecular flexibility index (Phi) is 5.66. The molecule has 1 aliphatic heterocycles. The number of piperazine rings is 1. The normalized spacial score (nSPS) is 14.2. The Balaban J connectivity index is 1.32. The van der Waals surface area contributed by atoms with Crippen molar-refractivity contribution in [1.29, 1.82) is 0 Å². The van der Waals surface area contributed by atoms with E-state index in [4.69, 9.17) is 0 Å². The number of carbonyl (C=O) groups is 1. The predicted octanol–water partition coefficient (Wildman–Crippen LogP) is 2.12. The van der Waals surface area contributed by atoms with Crippen molar-refractivity contribution < 1.29 is 9.90 Å². The highest BCUT2D eigenvalue weighted by Gasteiger charge is 2.22. The Morgan fingerprint density at radius 1 is 1.07 bits per heavy atom. The summed E-state index contributed by atoms with van der Waals surface area (Å²) in [6.07, 6.45) is 0. The lowest BCUT2D eigenvalue weighted by atomic mass is 10.2. The molecular weight excluding hydrogens is 388 g/mol. The fourth-order valence-electron chi connectivity index (χ4n) is 3.28. The summed E-state index contributed by atoms with van der Waals surface area (Å²) in [5.74, 6) is 0.540. The van der Waals surface area contributed by atoms with Crippen LogP contribution >= 0.6 is 11.8 Å². The average Bonchev–Trinajstić information content (AvgIpc) is 3.21. The van der Waals surface area contributed by atoms with Gasteiger partial charge >= 0.3 is 0 Å². The van der Waals surface area contributed by atoms with E-state index in [2.05, 4.69) is 51.6 Å². The Hall–Kier alpha value is -3.07. The van der Waals surface area contributed by atoms with E-state index in [0.29, 0.717) is 18.2 Å². The molecular formula is C20H22N6O2S. The first-order chi connectivity index (χ1) is 14.1. The molecule has 2 aromatic carbocycles. The number of carbonyl (C=O) groups excluding carboxylic acids is 1. The largest absolute Gasteiger partial charge is 0.508 e. The lowest BCUT2D eigenvalue weighted by molar-refractivity contribution is -0.128. The molecule has 0 radical (unpaired) electrons. The molecule has 1 aromatic heterocycles. The molecule has 1 saturated heterocycles. The number of nitrogens with zero attached hydrogens (tertiary/aromatic N) is 6. The van der Waals surface area contributed by atoms with Crippen LogP contribution in [0.4, 0.5) is 5.69 Å². The fourth-order valence-corrected chi connectivity index (χ4v) is 4.07. The van der Waals surface area contributed by atoms with Crippen LogP contribution in [0, 0.1) is 6.92 Å². The summed E-state index contributed by atoms with van der Waals surface area (Å²) in [6.45, 7) is 5.15. The Bertz CT molecular complexity index is 983. The number of tetrazole rings is 1. The maximum absolute atomic E-state index is 12.7. The van der Waals surface area contributed by atoms with E-state index in [-0.39, 0.29) is 17.4 Å². The summed E-state index contributed by atoms with van der Waals surface area (Å²) in [5, 5.41) is 21.7. The van der Waals surface area contributed by atoms with Gasteiger partial charge in [0.05, 0.1) is 11.4 Å². The molecule has 29 heavy (non-hydrogen) atoms. The lowest BCUT2D eigenvalue weighted by Crippen LogP contribution is -2.49. The number of aromatic nitrogens is 4. The number of thioether (sulfide) groups is 1. The van der Waals surface area contributed by atoms with Crippen molar-refractivity contribution in [2.24, 2.45) is 0 Å². The summed E-state index contributed by atoms with van der Waals surface area (Å²) >= 11 is 1.31. The molecule has 1 amide bonds. The summed E-state index contributed by atoms with van der Waals surface area (Å²) in [5.41, 5.74) is 3.18. The van der Waals surface area contributed by atoms with E-state index in [0.717, 1.165) is 18.8 Å². The molecule has 1 fully saturated rings. The minimum atomic E-state index is 0.0825. The van der Waals surface area contributed by atoms with E-state index in [9.17, 15) is 9.90 Å². The molecule has 8 nitrogen and oxygen atoms in total. The third-order valence-electron chi connectivity index (χ3n) is 4.86. The molecule has 150 valence electrons. The minimum Gasteiger partial charge on any atom is -0.508 e. The van der Waals surface area contributed by atoms with Crippen molar-refractivity contribution in [3.05, 3.63) is 54.1 Å². The topological polar surface area (TPSA) is 87.4 Å². The van der Waals surface area contributed by atoms with Gasteiger partial charge in [-0.3, -0.25) is 4.79 Å². The van der Waals surface area contributed by atoms with Crippen molar-refractivity contribution in [3.8, 4) is 11.4 Å². The molecule has 9 heteroatoms. The van der Waals surface area contributed by atoms with E-state index < -0.39 is 0 Å². The molecule has 0 spiro atoms. The zero-order valence-electron chi connectivity index (χ0n) is 16.1. The third kappa shape index (κ3) is 4.51. The van der Waals surface area contributed by atoms with E-state index in [1.165, 1.54) is 23.0 Å². The SMILES string of the molecule is Cc1cccc(N2CCN(C(=O)CSc3nnnn3-c3ccc(O)cc3)CC2)c1. The van der Waals surface area contributed by atoms with Gasteiger partial charge in [0, 0.05) is 31.9 Å². The number of rotatable bonds is 5. The van der Waals surface area contributed by atoms with Crippen LogP contribution in [-0.4, -0.2) is 68.1 Å². The molecule has 0 saturated carbocycles. The predicted molar refractivity (Wildman–Crippen MR) is 112 cm³/mol. The number of aryl methyl sites for hydroxylation is 1. The number of phenolic OH excluding ortho intramolecular Hbond substituents is 1. The van der Waals surface area contributed by atoms with Gasteiger partial charge in [-0.05, 0) is 59.3 Å². The maximum atomic E-state index is 12.7. The van der Waals surface area contributed by atoms with Gasteiger partial charge in [0.25, 0.3) is 0 Å². The van der Waals surface area contributed by atoms with Crippen LogP contribution in [0.2, 0.25) is 0 Å². The molecule has 0 bridgehead atoms. The van der Waals surface area contributed by atoms with Gasteiger partial charge in [0.15, 0.2) is 0 Å². The van der Waals surface area contributed by atoms with Crippen molar-refractivity contribution >= 4 is 23.4 Å². The zero-order chi connectivity index (χ0) is 20.2. The molecule has 0 unspecified atom stereocenters. The van der Waals surface area contributed by atoms with Crippen molar-refractivity contribution in [3.63, 3.8) is 0 Å². The first kappa shape index (κ1) is 19.3. The first-order valence-corrected chi connectivity index (χ1v) is 10.4. The van der Waals surface area contributed by atoms with Crippen LogP contribution in [-0.2, 0) is 4.79 Å². The number of benzene rings is 2. The van der Waals surface area contributed by atoms with Gasteiger partial charge in [0.1, 0.15) is 5.75 Å². The number of hydrogen-bond donors (Lipinski definition) is 1. The number of hydrogen-bond acceptors (Lipinski definition) is 7. The van der Waals surface area contributed by atoms with Gasteiger partial charge in [-0.25, -0.2) is 0 Å². The van der Waals surface area contributed by atoms with Gasteiger partial charge in [-0.1, -0.05) is 23.9 Å². The Labute approximate surface area is 173 Å². The fraction of sp³-hybridized carbons (Fsp3) is 0.300. The van der Waals surface area contributed by atoms with E-state index >= 15 is 0 Å². The highest BCUT2D eigenvalue weighted by molar-refractivity contribution is 7.99. The van der Waals surface area contributed by atoms with Gasteiger partial charge in [0.2, 0.25) is 11.1 Å². The molecule has 2 heterocycles. The number of phenols is 1. The molecule has 0 atom stereocenters. The zero-order valence-corrected chi connectivity index (χ0v) is 16.9. The minimum absolute atomic E-state index is 0.0825. The molecule has 3 aromatic rings. The van der Waals surface area contributed by atoms with Crippen LogP contribution in [0.15, 0.2) is 53.7 Å². The van der Waals surface area contributed by atoms with Crippen molar-refractivity contribution in [1.82, 2.24) is 25.1 Å². The van der Waals surface area contributed by atoms with Crippen LogP contribution in [0.5, 0.6) is 5.75 Å². The monoisotopic (exact) mass is 410 g/mol. The second kappa shape index (κ2) is 8.52. The van der Waals surface area contributed by atoms with Crippen LogP contribution in [0.25, 0.3) is 5.69 Å². The smallest absolute Gasteiger partial charge is 0.233 e. The molecule has 4 rings (SSSR count). The average molecular weight is 411 g/mol. The summed E-state index contributed by atoms with van der Waals surface area (Å²) < 4.78 is 1.56. The number of anilines is 1. The van der Waals surface area contributed by atoms with Gasteiger partial charge in [-0.2, -0.15) is 4.68 Å². The van der Waals surface area contributed by atoms with Crippen LogP contribution < -0.4 is 4.90 Å². The maximum Gasteiger partial charge on any atom is 0.233 e. The highest BCUT2D eigenvalue weighted by Crippen LogP contribution is 2.21. The number of amides is 1. The Morgan fingerprint density at radius 2 is 1.83 bits per heavy atom. The van der Waals surface area contributed by atoms with Crippen LogP contribution in [0.1, 0.15) is 5.56 Å². The molecule has 1 aliphatic rings. The first-order valence-electron chi connectivity index (χ1n) is 9.40. The molecule has 0 aliphatic carbocycles. The number of aromatic hydroxyl groups is 1. The quantitative estimate of drug-likeness (QED) is 0.645. The summed E-state index contributed by atoms with van der Waals surface area (Å²) in [7, 11) is 0. The van der Waals surface area contributed by atoms with Crippen molar-refractivity contribution in [2.45, 2.75) is 12.1 Å². The van der Waals surface area contributed by atoms with Crippen molar-refractivity contribution in [2.75, 3.05) is 36.8 Å². The standard InChI is InChI=1S/C20H22N6O2S/c1-15-3-2-4-17(13-15)24-9-11-25(12-10-24)19(28)14-29-20-21-22-23-26(20)16-5-7-18(27)8-6-16/h2-8,13,27H,9-12,14H2,1H3. The summed E-state index contributed by atoms with van der Waals surface area (Å²) in [4.78, 5) is 16.9. The third-order valence-corrected chi connectivity index (χ3v) is 5.76. The molecule has 1 N–H and O–H groups in total. The van der Waals surface area contributed by atoms with Gasteiger partial charge < -0.3 is 14.9 Å². The van der Waals surface area contributed by atoms with E-state index in [1.807, 2.05) is 4.90 Å². The lowest BCUT2D eigenvalue weighted by Gasteiger charge is -2.36. The Morgan fingerprint density at radius 3 is 2.55 bits per heavy atom. The highest BCUT2D eigenvalue weighted by atomic mass is 32.2. The van der Waals surface area contributed by atoms with Gasteiger partial charge in [-0.15, -0.1) is 5.10 Å².